The number of H-pyrrole nitrogens is 1. The molecule has 2 aromatic rings. The third kappa shape index (κ3) is 9.41. The van der Waals surface area contributed by atoms with Gasteiger partial charge in [-0.1, -0.05) is 91.7 Å². The van der Waals surface area contributed by atoms with Crippen LogP contribution >= 0.6 is 11.6 Å². The van der Waals surface area contributed by atoms with Crippen molar-refractivity contribution in [3.8, 4) is 0 Å². The lowest BCUT2D eigenvalue weighted by atomic mass is 9.74. The Morgan fingerprint density at radius 3 is 2.06 bits per heavy atom. The molecule has 1 saturated carbocycles. The highest BCUT2D eigenvalue weighted by molar-refractivity contribution is 6.31. The van der Waals surface area contributed by atoms with Crippen molar-refractivity contribution in [3.63, 3.8) is 0 Å². The third-order valence-corrected chi connectivity index (χ3v) is 6.44. The van der Waals surface area contributed by atoms with Crippen LogP contribution in [0.3, 0.4) is 0 Å². The Morgan fingerprint density at radius 1 is 1.06 bits per heavy atom. The van der Waals surface area contributed by atoms with E-state index in [1.807, 2.05) is 36.6 Å². The molecule has 1 aromatic carbocycles. The fourth-order valence-electron chi connectivity index (χ4n) is 4.29. The molecule has 1 aliphatic rings. The number of rotatable bonds is 6. The van der Waals surface area contributed by atoms with E-state index < -0.39 is 0 Å². The van der Waals surface area contributed by atoms with Gasteiger partial charge in [0.1, 0.15) is 0 Å². The maximum Gasteiger partial charge on any atom is 0.326 e. The van der Waals surface area contributed by atoms with E-state index in [2.05, 4.69) is 32.7 Å². The van der Waals surface area contributed by atoms with E-state index in [1.165, 1.54) is 38.5 Å². The first kappa shape index (κ1) is 29.7. The van der Waals surface area contributed by atoms with Crippen LogP contribution < -0.4 is 5.69 Å². The summed E-state index contributed by atoms with van der Waals surface area (Å²) in [6.45, 7) is 13.1. The molecule has 4 nitrogen and oxygen atoms in total. The number of hydrogen-bond acceptors (Lipinski definition) is 2. The molecular weight excluding hydrogens is 408 g/mol. The maximum absolute atomic E-state index is 12.1. The fourth-order valence-corrected chi connectivity index (χ4v) is 4.47. The highest BCUT2D eigenvalue weighted by Crippen LogP contribution is 2.38. The van der Waals surface area contributed by atoms with Gasteiger partial charge in [0.25, 0.3) is 0 Å². The van der Waals surface area contributed by atoms with E-state index in [0.717, 1.165) is 49.2 Å². The predicted octanol–water partition coefficient (Wildman–Crippen LogP) is 8.13. The largest absolute Gasteiger partial charge is 0.400 e. The van der Waals surface area contributed by atoms with Crippen LogP contribution in [0.25, 0.3) is 11.0 Å². The molecule has 31 heavy (non-hydrogen) atoms. The van der Waals surface area contributed by atoms with Crippen LogP contribution in [0.1, 0.15) is 112 Å². The van der Waals surface area contributed by atoms with Crippen molar-refractivity contribution in [2.45, 2.75) is 112 Å². The highest BCUT2D eigenvalue weighted by Gasteiger charge is 2.23. The molecule has 1 aliphatic carbocycles. The normalized spacial score (nSPS) is 14.6. The molecular formula is C26H47ClN2O2. The zero-order chi connectivity index (χ0) is 23.9. The molecule has 5 heteroatoms. The number of aromatic nitrogens is 2. The lowest BCUT2D eigenvalue weighted by Crippen LogP contribution is -2.22. The summed E-state index contributed by atoms with van der Waals surface area (Å²) < 4.78 is 1.89. The summed E-state index contributed by atoms with van der Waals surface area (Å²) in [6.07, 6.45) is 13.0. The van der Waals surface area contributed by atoms with Crippen molar-refractivity contribution in [3.05, 3.63) is 33.7 Å². The van der Waals surface area contributed by atoms with Gasteiger partial charge in [-0.2, -0.15) is 0 Å². The summed E-state index contributed by atoms with van der Waals surface area (Å²) in [5, 5.41) is 7.65. The summed E-state index contributed by atoms with van der Waals surface area (Å²) >= 11 is 5.95. The van der Waals surface area contributed by atoms with Gasteiger partial charge in [-0.05, 0) is 49.3 Å². The van der Waals surface area contributed by atoms with Gasteiger partial charge < -0.3 is 10.1 Å². The minimum Gasteiger partial charge on any atom is -0.400 e. The number of aliphatic hydroxyl groups is 1. The van der Waals surface area contributed by atoms with Gasteiger partial charge in [0, 0.05) is 18.2 Å². The van der Waals surface area contributed by atoms with E-state index in [1.54, 1.807) is 0 Å². The number of nitrogens with one attached hydrogen (secondary N) is 1. The van der Waals surface area contributed by atoms with Gasteiger partial charge in [0.2, 0.25) is 0 Å². The molecule has 0 saturated heterocycles. The Labute approximate surface area is 195 Å². The van der Waals surface area contributed by atoms with Crippen molar-refractivity contribution in [2.75, 3.05) is 7.11 Å². The van der Waals surface area contributed by atoms with Gasteiger partial charge >= 0.3 is 5.69 Å². The lowest BCUT2D eigenvalue weighted by Gasteiger charge is -2.32. The predicted molar refractivity (Wildman–Crippen MR) is 137 cm³/mol. The van der Waals surface area contributed by atoms with Gasteiger partial charge in [0.15, 0.2) is 0 Å². The molecule has 1 heterocycles. The molecule has 1 aromatic heterocycles. The van der Waals surface area contributed by atoms with Gasteiger partial charge in [-0.3, -0.25) is 4.57 Å². The first-order valence-electron chi connectivity index (χ1n) is 12.3. The summed E-state index contributed by atoms with van der Waals surface area (Å²) in [5.74, 6) is 0. The molecule has 1 fully saturated rings. The standard InChI is InChI=1S/C14H19ClN2O.C9H18.C2H6.CH4O/c1-3-5-11(6-4-2)17-13-8-7-10(15)9-12(13)16-14(17)18;1-3-9(2)7-5-4-6-8-9;2*1-2/h7-9,11H,3-6H2,1-2H3,(H,16,18);3-8H2,1-2H3;1-2H3;2H,1H3. The van der Waals surface area contributed by atoms with Crippen molar-refractivity contribution in [2.24, 2.45) is 5.41 Å². The van der Waals surface area contributed by atoms with E-state index in [-0.39, 0.29) is 11.7 Å². The van der Waals surface area contributed by atoms with Gasteiger partial charge in [-0.25, -0.2) is 4.79 Å². The van der Waals surface area contributed by atoms with E-state index in [0.29, 0.717) is 5.02 Å². The molecule has 3 rings (SSSR count). The number of halogens is 1. The second-order valence-corrected chi connectivity index (χ2v) is 8.85. The number of nitrogens with zero attached hydrogens (tertiary/aromatic N) is 1. The van der Waals surface area contributed by atoms with Gasteiger partial charge in [0.05, 0.1) is 11.0 Å². The van der Waals surface area contributed by atoms with Crippen molar-refractivity contribution < 1.29 is 5.11 Å². The maximum atomic E-state index is 12.1. The minimum atomic E-state index is -0.0285. The SMILES string of the molecule is CC.CCC1(C)CCCCC1.CCCC(CCC)n1c(=O)[nH]c2cc(Cl)ccc21.CO. The Balaban J connectivity index is 0.000000582. The summed E-state index contributed by atoms with van der Waals surface area (Å²) in [5.41, 5.74) is 2.47. The summed E-state index contributed by atoms with van der Waals surface area (Å²) in [7, 11) is 1.00. The van der Waals surface area contributed by atoms with Crippen LogP contribution in [0.15, 0.2) is 23.0 Å². The van der Waals surface area contributed by atoms with Crippen LogP contribution in [0.4, 0.5) is 0 Å². The molecule has 0 unspecified atom stereocenters. The quantitative estimate of drug-likeness (QED) is 0.462. The average molecular weight is 455 g/mol. The summed E-state index contributed by atoms with van der Waals surface area (Å²) in [6, 6.07) is 5.85. The number of imidazole rings is 1. The average Bonchev–Trinajstić information content (AvgIpc) is 3.12. The zero-order valence-electron chi connectivity index (χ0n) is 21.1. The first-order chi connectivity index (χ1) is 14.9. The zero-order valence-corrected chi connectivity index (χ0v) is 21.8. The van der Waals surface area contributed by atoms with E-state index in [4.69, 9.17) is 16.7 Å². The second kappa shape index (κ2) is 16.4. The molecule has 2 N–H and O–H groups in total. The number of aromatic amines is 1. The van der Waals surface area contributed by atoms with Crippen LogP contribution in [0.5, 0.6) is 0 Å². The smallest absolute Gasteiger partial charge is 0.326 e. The van der Waals surface area contributed by atoms with Crippen LogP contribution in [0, 0.1) is 5.41 Å². The van der Waals surface area contributed by atoms with Gasteiger partial charge in [-0.15, -0.1) is 0 Å². The van der Waals surface area contributed by atoms with Crippen molar-refractivity contribution in [1.82, 2.24) is 9.55 Å². The Bertz CT molecular complexity index is 754. The topological polar surface area (TPSA) is 58.0 Å². The Hall–Kier alpha value is -1.26. The summed E-state index contributed by atoms with van der Waals surface area (Å²) in [4.78, 5) is 15.0. The Morgan fingerprint density at radius 2 is 1.61 bits per heavy atom. The first-order valence-corrected chi connectivity index (χ1v) is 12.7. The van der Waals surface area contributed by atoms with Crippen molar-refractivity contribution >= 4 is 22.6 Å². The third-order valence-electron chi connectivity index (χ3n) is 6.20. The fraction of sp³-hybridized carbons (Fsp3) is 0.731. The molecule has 0 radical (unpaired) electrons. The van der Waals surface area contributed by atoms with Crippen LogP contribution in [-0.2, 0) is 0 Å². The number of hydrogen-bond donors (Lipinski definition) is 2. The number of benzene rings is 1. The molecule has 0 bridgehead atoms. The second-order valence-electron chi connectivity index (χ2n) is 8.42. The number of fused-ring (bicyclic) bond motifs is 1. The molecule has 0 amide bonds. The van der Waals surface area contributed by atoms with E-state index >= 15 is 0 Å². The molecule has 0 atom stereocenters. The van der Waals surface area contributed by atoms with Crippen LogP contribution in [-0.4, -0.2) is 21.8 Å². The van der Waals surface area contributed by atoms with Crippen molar-refractivity contribution in [1.29, 1.82) is 0 Å². The highest BCUT2D eigenvalue weighted by atomic mass is 35.5. The molecule has 0 aliphatic heterocycles. The van der Waals surface area contributed by atoms with Crippen LogP contribution in [0.2, 0.25) is 5.02 Å². The lowest BCUT2D eigenvalue weighted by molar-refractivity contribution is 0.208. The molecule has 0 spiro atoms. The number of aliphatic hydroxyl groups excluding tert-OH is 1. The Kier molecular flexibility index (Phi) is 15.7. The monoisotopic (exact) mass is 454 g/mol. The minimum absolute atomic E-state index is 0.0285. The van der Waals surface area contributed by atoms with E-state index in [9.17, 15) is 4.79 Å². The molecule has 180 valence electrons.